The second-order valence-corrected chi connectivity index (χ2v) is 10.1. The predicted octanol–water partition coefficient (Wildman–Crippen LogP) is 4.93. The topological polar surface area (TPSA) is 87.6 Å². The summed E-state index contributed by atoms with van der Waals surface area (Å²) in [6.07, 6.45) is -7.70. The van der Waals surface area contributed by atoms with E-state index in [4.69, 9.17) is 11.6 Å². The van der Waals surface area contributed by atoms with Gasteiger partial charge in [-0.05, 0) is 54.3 Å². The summed E-state index contributed by atoms with van der Waals surface area (Å²) in [5.41, 5.74) is -0.958. The van der Waals surface area contributed by atoms with Gasteiger partial charge in [-0.15, -0.1) is 0 Å². The lowest BCUT2D eigenvalue weighted by molar-refractivity contribution is -0.143. The largest absolute Gasteiger partial charge is 0.416 e. The Hall–Kier alpha value is -2.29. The number of carbonyl (C=O) groups excluding carboxylic acids is 1. The number of halogens is 7. The number of alkyl halides is 6. The van der Waals surface area contributed by atoms with Gasteiger partial charge < -0.3 is 0 Å². The molecule has 1 amide bonds. The van der Waals surface area contributed by atoms with Crippen LogP contribution in [0.5, 0.6) is 0 Å². The minimum atomic E-state index is -5.24. The summed E-state index contributed by atoms with van der Waals surface area (Å²) in [5, 5.41) is 4.15. The average molecular weight is 562 g/mol. The minimum Gasteiger partial charge on any atom is -0.271 e. The molecule has 2 N–H and O–H groups in total. The molecule has 0 aromatic heterocycles. The highest BCUT2D eigenvalue weighted by Crippen LogP contribution is 2.37. The first kappa shape index (κ1) is 28.9. The van der Waals surface area contributed by atoms with E-state index in [0.29, 0.717) is 10.6 Å². The van der Waals surface area contributed by atoms with E-state index in [1.54, 1.807) is 30.5 Å². The van der Waals surface area contributed by atoms with E-state index in [0.717, 1.165) is 0 Å². The molecule has 15 heteroatoms. The SMILES string of the molecule is CSCCC(NS(=O)(=O)c1cc(C(F)(F)F)cc(C(F)(F)F)c1)C(=O)NN=Cc1ccc(Cl)cc1. The van der Waals surface area contributed by atoms with Crippen molar-refractivity contribution in [3.05, 3.63) is 64.2 Å². The van der Waals surface area contributed by atoms with Crippen LogP contribution in [0.2, 0.25) is 5.02 Å². The zero-order valence-electron chi connectivity index (χ0n) is 17.7. The summed E-state index contributed by atoms with van der Waals surface area (Å²) in [4.78, 5) is 11.2. The molecule has 1 unspecified atom stereocenters. The summed E-state index contributed by atoms with van der Waals surface area (Å²) in [7, 11) is -4.97. The summed E-state index contributed by atoms with van der Waals surface area (Å²) in [5.74, 6) is -0.714. The highest BCUT2D eigenvalue weighted by molar-refractivity contribution is 7.98. The smallest absolute Gasteiger partial charge is 0.271 e. The van der Waals surface area contributed by atoms with E-state index in [9.17, 15) is 39.6 Å². The lowest BCUT2D eigenvalue weighted by Gasteiger charge is -2.19. The minimum absolute atomic E-state index is 0.0692. The predicted molar refractivity (Wildman–Crippen MR) is 121 cm³/mol. The van der Waals surface area contributed by atoms with Crippen molar-refractivity contribution in [1.29, 1.82) is 0 Å². The fourth-order valence-electron chi connectivity index (χ4n) is 2.61. The molecule has 0 bridgehead atoms. The molecule has 0 spiro atoms. The molecule has 0 fully saturated rings. The molecule has 0 saturated heterocycles. The third-order valence-corrected chi connectivity index (χ3v) is 6.70. The molecule has 2 rings (SSSR count). The Labute approximate surface area is 206 Å². The number of thioether (sulfide) groups is 1. The van der Waals surface area contributed by atoms with E-state index < -0.39 is 50.3 Å². The first-order chi connectivity index (χ1) is 16.1. The van der Waals surface area contributed by atoms with Crippen LogP contribution in [-0.4, -0.2) is 38.6 Å². The van der Waals surface area contributed by atoms with Crippen molar-refractivity contribution in [3.8, 4) is 0 Å². The van der Waals surface area contributed by atoms with Gasteiger partial charge in [-0.2, -0.15) is 47.9 Å². The van der Waals surface area contributed by atoms with Crippen LogP contribution >= 0.6 is 23.4 Å². The molecule has 0 aliphatic heterocycles. The Bertz CT molecular complexity index is 1140. The number of nitrogens with zero attached hydrogens (tertiary/aromatic N) is 1. The quantitative estimate of drug-likeness (QED) is 0.258. The van der Waals surface area contributed by atoms with Gasteiger partial charge in [-0.3, -0.25) is 4.79 Å². The third kappa shape index (κ3) is 8.70. The van der Waals surface area contributed by atoms with Crippen LogP contribution < -0.4 is 10.1 Å². The number of hydrogen-bond donors (Lipinski definition) is 2. The lowest BCUT2D eigenvalue weighted by Crippen LogP contribution is -2.45. The van der Waals surface area contributed by atoms with Crippen molar-refractivity contribution < 1.29 is 39.6 Å². The van der Waals surface area contributed by atoms with Crippen molar-refractivity contribution >= 4 is 45.5 Å². The molecule has 0 aliphatic carbocycles. The Kier molecular flexibility index (Phi) is 9.62. The van der Waals surface area contributed by atoms with Crippen LogP contribution in [0.3, 0.4) is 0 Å². The van der Waals surface area contributed by atoms with E-state index in [-0.39, 0.29) is 30.4 Å². The number of carbonyl (C=O) groups is 1. The molecule has 2 aromatic carbocycles. The summed E-state index contributed by atoms with van der Waals surface area (Å²) < 4.78 is 106. The molecule has 6 nitrogen and oxygen atoms in total. The zero-order valence-corrected chi connectivity index (χ0v) is 20.1. The van der Waals surface area contributed by atoms with Crippen LogP contribution in [0.4, 0.5) is 26.3 Å². The van der Waals surface area contributed by atoms with E-state index in [1.165, 1.54) is 18.0 Å². The van der Waals surface area contributed by atoms with Crippen LogP contribution in [0, 0.1) is 0 Å². The molecular formula is C20H18ClF6N3O3S2. The van der Waals surface area contributed by atoms with Gasteiger partial charge in [0.25, 0.3) is 5.91 Å². The van der Waals surface area contributed by atoms with Crippen LogP contribution in [0.25, 0.3) is 0 Å². The van der Waals surface area contributed by atoms with Crippen LogP contribution in [0.15, 0.2) is 52.5 Å². The molecular weight excluding hydrogens is 544 g/mol. The normalized spacial score (nSPS) is 13.7. The number of hydrogen-bond acceptors (Lipinski definition) is 5. The van der Waals surface area contributed by atoms with Gasteiger partial charge in [0.2, 0.25) is 10.0 Å². The maximum Gasteiger partial charge on any atom is 0.416 e. The summed E-state index contributed by atoms with van der Waals surface area (Å²) in [6.45, 7) is 0. The third-order valence-electron chi connectivity index (χ3n) is 4.35. The lowest BCUT2D eigenvalue weighted by atomic mass is 10.1. The van der Waals surface area contributed by atoms with E-state index in [1.807, 2.05) is 4.72 Å². The molecule has 35 heavy (non-hydrogen) atoms. The van der Waals surface area contributed by atoms with Crippen molar-refractivity contribution in [2.75, 3.05) is 12.0 Å². The summed E-state index contributed by atoms with van der Waals surface area (Å²) >= 11 is 7.00. The fourth-order valence-corrected chi connectivity index (χ4v) is 4.51. The standard InChI is InChI=1S/C20H18ClF6N3O3S2/c1-34-7-6-17(18(31)29-28-11-12-2-4-15(21)5-3-12)30-35(32,33)16-9-13(19(22,23)24)8-14(10-16)20(25,26)27/h2-5,8-11,17,30H,6-7H2,1H3,(H,29,31). The van der Waals surface area contributed by atoms with Crippen LogP contribution in [-0.2, 0) is 27.2 Å². The number of sulfonamides is 1. The number of rotatable bonds is 9. The van der Waals surface area contributed by atoms with Gasteiger partial charge in [0.05, 0.1) is 22.2 Å². The summed E-state index contributed by atoms with van der Waals surface area (Å²) in [6, 6.07) is 4.70. The van der Waals surface area contributed by atoms with E-state index >= 15 is 0 Å². The zero-order chi connectivity index (χ0) is 26.4. The van der Waals surface area contributed by atoms with Gasteiger partial charge >= 0.3 is 12.4 Å². The van der Waals surface area contributed by atoms with Crippen molar-refractivity contribution in [1.82, 2.24) is 10.1 Å². The van der Waals surface area contributed by atoms with Gasteiger partial charge in [0.15, 0.2) is 0 Å². The first-order valence-corrected chi connectivity index (χ1v) is 12.8. The molecule has 1 atom stereocenters. The Morgan fingerprint density at radius 3 is 2.09 bits per heavy atom. The molecule has 0 saturated carbocycles. The van der Waals surface area contributed by atoms with Gasteiger partial charge in [-0.25, -0.2) is 13.8 Å². The monoisotopic (exact) mass is 561 g/mol. The fraction of sp³-hybridized carbons (Fsp3) is 0.300. The molecule has 2 aromatic rings. The number of hydrazone groups is 1. The molecule has 192 valence electrons. The molecule has 0 radical (unpaired) electrons. The number of amides is 1. The highest BCUT2D eigenvalue weighted by atomic mass is 35.5. The van der Waals surface area contributed by atoms with Crippen molar-refractivity contribution in [2.24, 2.45) is 5.10 Å². The second-order valence-electron chi connectivity index (χ2n) is 6.98. The van der Waals surface area contributed by atoms with Crippen LogP contribution in [0.1, 0.15) is 23.1 Å². The Morgan fingerprint density at radius 1 is 1.06 bits per heavy atom. The van der Waals surface area contributed by atoms with Gasteiger partial charge in [0, 0.05) is 5.02 Å². The molecule has 0 heterocycles. The maximum absolute atomic E-state index is 13.1. The first-order valence-electron chi connectivity index (χ1n) is 9.53. The van der Waals surface area contributed by atoms with Crippen molar-refractivity contribution in [3.63, 3.8) is 0 Å². The Balaban J connectivity index is 2.32. The maximum atomic E-state index is 13.1. The van der Waals surface area contributed by atoms with Gasteiger partial charge in [-0.1, -0.05) is 23.7 Å². The van der Waals surface area contributed by atoms with Crippen molar-refractivity contribution in [2.45, 2.75) is 29.7 Å². The molecule has 0 aliphatic rings. The van der Waals surface area contributed by atoms with Gasteiger partial charge in [0.1, 0.15) is 6.04 Å². The average Bonchev–Trinajstić information content (AvgIpc) is 2.76. The Morgan fingerprint density at radius 2 is 1.60 bits per heavy atom. The van der Waals surface area contributed by atoms with E-state index in [2.05, 4.69) is 10.5 Å². The number of nitrogens with one attached hydrogen (secondary N) is 2. The number of benzene rings is 2. The second kappa shape index (κ2) is 11.6. The highest BCUT2D eigenvalue weighted by Gasteiger charge is 2.38.